The Hall–Kier alpha value is -2.11. The Kier molecular flexibility index (Phi) is 4.47. The Morgan fingerprint density at radius 3 is 2.26 bits per heavy atom. The molecule has 0 spiro atoms. The zero-order valence-corrected chi connectivity index (χ0v) is 11.5. The maximum atomic E-state index is 11.6. The van der Waals surface area contributed by atoms with E-state index in [1.165, 1.54) is 12.1 Å². The monoisotopic (exact) mass is 266 g/mol. The number of ether oxygens (including phenoxy) is 1. The Labute approximate surface area is 111 Å². The van der Waals surface area contributed by atoms with Gasteiger partial charge < -0.3 is 10.1 Å². The highest BCUT2D eigenvalue weighted by molar-refractivity contribution is 5.68. The lowest BCUT2D eigenvalue weighted by Gasteiger charge is -2.22. The van der Waals surface area contributed by atoms with Gasteiger partial charge in [0.05, 0.1) is 4.92 Å². The number of carbonyl (C=O) groups excluding carboxylic acids is 1. The largest absolute Gasteiger partial charge is 0.442 e. The van der Waals surface area contributed by atoms with Crippen LogP contribution in [0.3, 0.4) is 0 Å². The molecule has 0 aliphatic rings. The molecule has 0 aliphatic carbocycles. The number of nitro benzene ring substituents is 1. The number of amides is 1. The molecule has 1 atom stereocenters. The standard InChI is InChI=1S/C13H18N2O4/c1-9(19-12(16)14-13(2,3)4)10-5-7-11(8-6-10)15(17)18/h5-9H,1-4H3,(H,14,16). The number of hydrogen-bond acceptors (Lipinski definition) is 4. The fourth-order valence-electron chi connectivity index (χ4n) is 1.43. The van der Waals surface area contributed by atoms with E-state index in [2.05, 4.69) is 5.32 Å². The first kappa shape index (κ1) is 14.9. The van der Waals surface area contributed by atoms with Crippen LogP contribution in [0.2, 0.25) is 0 Å². The van der Waals surface area contributed by atoms with Crippen LogP contribution in [-0.2, 0) is 4.74 Å². The van der Waals surface area contributed by atoms with Crippen molar-refractivity contribution in [3.05, 3.63) is 39.9 Å². The van der Waals surface area contributed by atoms with E-state index in [1.54, 1.807) is 19.1 Å². The fraction of sp³-hybridized carbons (Fsp3) is 0.462. The molecular formula is C13H18N2O4. The number of nitrogens with one attached hydrogen (secondary N) is 1. The summed E-state index contributed by atoms with van der Waals surface area (Å²) in [5.74, 6) is 0. The summed E-state index contributed by atoms with van der Waals surface area (Å²) in [6.07, 6.45) is -0.985. The number of non-ortho nitro benzene ring substituents is 1. The van der Waals surface area contributed by atoms with Crippen molar-refractivity contribution in [3.63, 3.8) is 0 Å². The summed E-state index contributed by atoms with van der Waals surface area (Å²) in [6, 6.07) is 5.92. The van der Waals surface area contributed by atoms with Crippen molar-refractivity contribution in [1.82, 2.24) is 5.32 Å². The molecule has 0 heterocycles. The average Bonchev–Trinajstić information content (AvgIpc) is 2.26. The highest BCUT2D eigenvalue weighted by Gasteiger charge is 2.18. The number of nitro groups is 1. The second kappa shape index (κ2) is 5.69. The molecule has 0 fully saturated rings. The van der Waals surface area contributed by atoms with Gasteiger partial charge in [0.2, 0.25) is 0 Å². The van der Waals surface area contributed by atoms with Gasteiger partial charge in [-0.1, -0.05) is 0 Å². The molecule has 104 valence electrons. The molecule has 6 nitrogen and oxygen atoms in total. The van der Waals surface area contributed by atoms with Gasteiger partial charge in [-0.2, -0.15) is 0 Å². The molecule has 1 N–H and O–H groups in total. The Morgan fingerprint density at radius 2 is 1.84 bits per heavy atom. The number of nitrogens with zero attached hydrogens (tertiary/aromatic N) is 1. The van der Waals surface area contributed by atoms with Crippen molar-refractivity contribution in [2.45, 2.75) is 39.3 Å². The molecule has 1 amide bonds. The fourth-order valence-corrected chi connectivity index (χ4v) is 1.43. The lowest BCUT2D eigenvalue weighted by atomic mass is 10.1. The zero-order chi connectivity index (χ0) is 14.6. The third-order valence-corrected chi connectivity index (χ3v) is 2.33. The maximum absolute atomic E-state index is 11.6. The average molecular weight is 266 g/mol. The number of benzene rings is 1. The van der Waals surface area contributed by atoms with Gasteiger partial charge in [0.25, 0.3) is 5.69 Å². The van der Waals surface area contributed by atoms with Crippen molar-refractivity contribution in [3.8, 4) is 0 Å². The normalized spacial score (nSPS) is 12.6. The lowest BCUT2D eigenvalue weighted by Crippen LogP contribution is -2.41. The van der Waals surface area contributed by atoms with Crippen molar-refractivity contribution >= 4 is 11.8 Å². The second-order valence-corrected chi connectivity index (χ2v) is 5.27. The number of carbonyl (C=O) groups is 1. The molecule has 0 aliphatic heterocycles. The molecule has 1 aromatic rings. The van der Waals surface area contributed by atoms with Crippen LogP contribution in [0.15, 0.2) is 24.3 Å². The molecule has 0 radical (unpaired) electrons. The Morgan fingerprint density at radius 1 is 1.32 bits per heavy atom. The van der Waals surface area contributed by atoms with Gasteiger partial charge in [0.15, 0.2) is 0 Å². The van der Waals surface area contributed by atoms with Crippen molar-refractivity contribution in [2.24, 2.45) is 0 Å². The van der Waals surface area contributed by atoms with Crippen LogP contribution in [-0.4, -0.2) is 16.6 Å². The predicted molar refractivity (Wildman–Crippen MR) is 70.9 cm³/mol. The van der Waals surface area contributed by atoms with Crippen LogP contribution in [0.25, 0.3) is 0 Å². The Balaban J connectivity index is 2.65. The van der Waals surface area contributed by atoms with Crippen molar-refractivity contribution in [1.29, 1.82) is 0 Å². The third kappa shape index (κ3) is 4.95. The van der Waals surface area contributed by atoms with E-state index < -0.39 is 17.1 Å². The molecule has 1 aromatic carbocycles. The van der Waals surface area contributed by atoms with Gasteiger partial charge in [-0.15, -0.1) is 0 Å². The summed E-state index contributed by atoms with van der Waals surface area (Å²) in [7, 11) is 0. The first-order chi connectivity index (χ1) is 8.69. The minimum Gasteiger partial charge on any atom is -0.442 e. The van der Waals surface area contributed by atoms with Gasteiger partial charge in [0.1, 0.15) is 6.10 Å². The molecular weight excluding hydrogens is 248 g/mol. The summed E-state index contributed by atoms with van der Waals surface area (Å²) in [5, 5.41) is 13.2. The van der Waals surface area contributed by atoms with Crippen LogP contribution in [0.5, 0.6) is 0 Å². The third-order valence-electron chi connectivity index (χ3n) is 2.33. The molecule has 1 rings (SSSR count). The molecule has 0 saturated carbocycles. The van der Waals surface area contributed by atoms with Gasteiger partial charge in [-0.3, -0.25) is 10.1 Å². The number of rotatable bonds is 3. The summed E-state index contributed by atoms with van der Waals surface area (Å²) in [5.41, 5.74) is 0.344. The lowest BCUT2D eigenvalue weighted by molar-refractivity contribution is -0.384. The van der Waals surface area contributed by atoms with Crippen LogP contribution in [0.1, 0.15) is 39.4 Å². The van der Waals surface area contributed by atoms with Crippen LogP contribution >= 0.6 is 0 Å². The minimum atomic E-state index is -0.515. The first-order valence-electron chi connectivity index (χ1n) is 5.92. The van der Waals surface area contributed by atoms with E-state index in [4.69, 9.17) is 4.74 Å². The van der Waals surface area contributed by atoms with E-state index in [0.717, 1.165) is 0 Å². The van der Waals surface area contributed by atoms with Gasteiger partial charge >= 0.3 is 6.09 Å². The number of alkyl carbamates (subject to hydrolysis) is 1. The molecule has 0 bridgehead atoms. The van der Waals surface area contributed by atoms with Crippen molar-refractivity contribution < 1.29 is 14.5 Å². The summed E-state index contributed by atoms with van der Waals surface area (Å²) < 4.78 is 5.19. The molecule has 6 heteroatoms. The predicted octanol–water partition coefficient (Wildman–Crippen LogP) is 3.18. The number of hydrogen-bond donors (Lipinski definition) is 1. The Bertz CT molecular complexity index is 463. The molecule has 0 aromatic heterocycles. The van der Waals surface area contributed by atoms with E-state index >= 15 is 0 Å². The van der Waals surface area contributed by atoms with Gasteiger partial charge in [-0.25, -0.2) is 4.79 Å². The quantitative estimate of drug-likeness (QED) is 0.673. The SMILES string of the molecule is CC(OC(=O)NC(C)(C)C)c1ccc([N+](=O)[O-])cc1. The van der Waals surface area contributed by atoms with Crippen molar-refractivity contribution in [2.75, 3.05) is 0 Å². The highest BCUT2D eigenvalue weighted by atomic mass is 16.6. The van der Waals surface area contributed by atoms with Crippen LogP contribution < -0.4 is 5.32 Å². The van der Waals surface area contributed by atoms with E-state index in [-0.39, 0.29) is 11.2 Å². The summed E-state index contributed by atoms with van der Waals surface area (Å²) in [6.45, 7) is 7.27. The highest BCUT2D eigenvalue weighted by Crippen LogP contribution is 2.20. The van der Waals surface area contributed by atoms with Gasteiger partial charge in [-0.05, 0) is 45.4 Å². The molecule has 19 heavy (non-hydrogen) atoms. The molecule has 1 unspecified atom stereocenters. The maximum Gasteiger partial charge on any atom is 0.408 e. The van der Waals surface area contributed by atoms with E-state index in [9.17, 15) is 14.9 Å². The smallest absolute Gasteiger partial charge is 0.408 e. The minimum absolute atomic E-state index is 0.00935. The zero-order valence-electron chi connectivity index (χ0n) is 11.5. The summed E-state index contributed by atoms with van der Waals surface area (Å²) in [4.78, 5) is 21.6. The first-order valence-corrected chi connectivity index (χ1v) is 5.92. The van der Waals surface area contributed by atoms with Gasteiger partial charge in [0, 0.05) is 17.7 Å². The van der Waals surface area contributed by atoms with Crippen LogP contribution in [0.4, 0.5) is 10.5 Å². The molecule has 0 saturated heterocycles. The van der Waals surface area contributed by atoms with E-state index in [1.807, 2.05) is 20.8 Å². The van der Waals surface area contributed by atoms with Crippen LogP contribution in [0, 0.1) is 10.1 Å². The summed E-state index contributed by atoms with van der Waals surface area (Å²) >= 11 is 0. The van der Waals surface area contributed by atoms with E-state index in [0.29, 0.717) is 5.56 Å². The topological polar surface area (TPSA) is 81.5 Å². The second-order valence-electron chi connectivity index (χ2n) is 5.27.